The molecule has 0 radical (unpaired) electrons. The van der Waals surface area contributed by atoms with Gasteiger partial charge in [-0.25, -0.2) is 4.79 Å². The van der Waals surface area contributed by atoms with Crippen molar-refractivity contribution >= 4 is 12.3 Å². The average molecular weight is 398 g/mol. The molecule has 150 valence electrons. The number of hydrogen-bond acceptors (Lipinski definition) is 4. The first-order valence-electron chi connectivity index (χ1n) is 10.1. The lowest BCUT2D eigenvalue weighted by molar-refractivity contribution is -0.170. The number of hydrogen-bond donors (Lipinski definition) is 0. The van der Waals surface area contributed by atoms with Crippen LogP contribution in [0.15, 0.2) is 91.0 Å². The predicted molar refractivity (Wildman–Crippen MR) is 112 cm³/mol. The fourth-order valence-electron chi connectivity index (χ4n) is 4.82. The normalized spacial score (nSPS) is 29.1. The molecule has 2 fully saturated rings. The first-order chi connectivity index (χ1) is 14.6. The van der Waals surface area contributed by atoms with E-state index in [1.807, 2.05) is 91.0 Å². The van der Waals surface area contributed by atoms with Crippen LogP contribution in [0.1, 0.15) is 16.7 Å². The molecule has 0 aromatic heterocycles. The van der Waals surface area contributed by atoms with Crippen molar-refractivity contribution in [2.45, 2.75) is 36.1 Å². The first-order valence-corrected chi connectivity index (χ1v) is 10.1. The van der Waals surface area contributed by atoms with Crippen molar-refractivity contribution < 1.29 is 19.1 Å². The quantitative estimate of drug-likeness (QED) is 0.346. The molecule has 4 nitrogen and oxygen atoms in total. The van der Waals surface area contributed by atoms with E-state index in [2.05, 4.69) is 0 Å². The van der Waals surface area contributed by atoms with Gasteiger partial charge in [0.2, 0.25) is 11.2 Å². The second-order valence-electron chi connectivity index (χ2n) is 8.14. The molecule has 2 heterocycles. The van der Waals surface area contributed by atoms with E-state index in [4.69, 9.17) is 9.47 Å². The zero-order valence-electron chi connectivity index (χ0n) is 16.5. The van der Waals surface area contributed by atoms with E-state index >= 15 is 0 Å². The third-order valence-corrected chi connectivity index (χ3v) is 6.34. The molecule has 0 amide bonds. The molecule has 0 bridgehead atoms. The van der Waals surface area contributed by atoms with Gasteiger partial charge in [0.05, 0.1) is 0 Å². The molecule has 0 spiro atoms. The largest absolute Gasteiger partial charge is 0.445 e. The Labute approximate surface area is 175 Å². The standard InChI is InChI=1S/C26H22O4/c27-19-24(16-20-10-4-1-5-11-20)26(18-22-14-8-3-9-15-22)25(30-26,23(28)29-24)17-21-12-6-2-7-13-21/h1-15,19H,16-18H2/t24-,25+,26-/m0/s1. The summed E-state index contributed by atoms with van der Waals surface area (Å²) in [5, 5.41) is 0. The minimum absolute atomic E-state index is 0.284. The van der Waals surface area contributed by atoms with Crippen LogP contribution in [-0.2, 0) is 38.3 Å². The van der Waals surface area contributed by atoms with Crippen molar-refractivity contribution in [2.24, 2.45) is 0 Å². The maximum Gasteiger partial charge on any atom is 0.343 e. The Kier molecular flexibility index (Phi) is 4.33. The highest BCUT2D eigenvalue weighted by atomic mass is 16.7. The number of carbonyl (C=O) groups excluding carboxylic acids is 2. The molecule has 2 saturated heterocycles. The number of esters is 1. The van der Waals surface area contributed by atoms with Gasteiger partial charge in [0, 0.05) is 19.3 Å². The smallest absolute Gasteiger partial charge is 0.343 e. The third-order valence-electron chi connectivity index (χ3n) is 6.34. The Hall–Kier alpha value is -3.24. The van der Waals surface area contributed by atoms with Crippen molar-refractivity contribution in [2.75, 3.05) is 0 Å². The van der Waals surface area contributed by atoms with Crippen molar-refractivity contribution in [1.82, 2.24) is 0 Å². The Morgan fingerprint density at radius 2 is 1.13 bits per heavy atom. The average Bonchev–Trinajstić information content (AvgIpc) is 3.39. The van der Waals surface area contributed by atoms with Gasteiger partial charge in [0.1, 0.15) is 0 Å². The SMILES string of the molecule is O=C[C@]1(Cc2ccccc2)OC(=O)[C@@]2(Cc3ccccc3)O[C@@]12Cc1ccccc1. The number of benzene rings is 3. The Balaban J connectivity index is 1.59. The number of epoxide rings is 1. The van der Waals surface area contributed by atoms with Crippen molar-refractivity contribution in [3.8, 4) is 0 Å². The number of cyclic esters (lactones) is 1. The van der Waals surface area contributed by atoms with Crippen LogP contribution in [0.25, 0.3) is 0 Å². The minimum atomic E-state index is -1.37. The minimum Gasteiger partial charge on any atom is -0.445 e. The van der Waals surface area contributed by atoms with Crippen LogP contribution >= 0.6 is 0 Å². The molecule has 2 aliphatic heterocycles. The van der Waals surface area contributed by atoms with E-state index in [0.717, 1.165) is 23.0 Å². The summed E-state index contributed by atoms with van der Waals surface area (Å²) in [6.07, 6.45) is 1.87. The van der Waals surface area contributed by atoms with E-state index in [9.17, 15) is 9.59 Å². The summed E-state index contributed by atoms with van der Waals surface area (Å²) in [7, 11) is 0. The Morgan fingerprint density at radius 1 is 0.667 bits per heavy atom. The highest BCUT2D eigenvalue weighted by Gasteiger charge is 2.89. The van der Waals surface area contributed by atoms with Crippen molar-refractivity contribution in [3.05, 3.63) is 108 Å². The van der Waals surface area contributed by atoms with Crippen LogP contribution in [-0.4, -0.2) is 29.1 Å². The van der Waals surface area contributed by atoms with Crippen LogP contribution < -0.4 is 0 Å². The monoisotopic (exact) mass is 398 g/mol. The molecule has 0 unspecified atom stereocenters. The molecular formula is C26H22O4. The molecule has 0 saturated carbocycles. The third kappa shape index (κ3) is 2.71. The molecule has 0 aliphatic carbocycles. The number of ether oxygens (including phenoxy) is 2. The van der Waals surface area contributed by atoms with E-state index in [1.54, 1.807) is 0 Å². The van der Waals surface area contributed by atoms with Crippen LogP contribution in [0.5, 0.6) is 0 Å². The van der Waals surface area contributed by atoms with E-state index < -0.39 is 22.8 Å². The lowest BCUT2D eigenvalue weighted by Gasteiger charge is -2.30. The second kappa shape index (κ2) is 6.92. The number of aldehydes is 1. The van der Waals surface area contributed by atoms with Gasteiger partial charge in [-0.15, -0.1) is 0 Å². The van der Waals surface area contributed by atoms with Crippen LogP contribution in [0.4, 0.5) is 0 Å². The number of fused-ring (bicyclic) bond motifs is 1. The topological polar surface area (TPSA) is 55.9 Å². The van der Waals surface area contributed by atoms with Gasteiger partial charge >= 0.3 is 5.97 Å². The van der Waals surface area contributed by atoms with Crippen LogP contribution in [0.3, 0.4) is 0 Å². The summed E-state index contributed by atoms with van der Waals surface area (Å²) in [6, 6.07) is 29.2. The molecule has 4 heteroatoms. The van der Waals surface area contributed by atoms with Gasteiger partial charge in [-0.05, 0) is 16.7 Å². The van der Waals surface area contributed by atoms with E-state index in [-0.39, 0.29) is 6.42 Å². The zero-order chi connectivity index (χ0) is 20.7. The van der Waals surface area contributed by atoms with Crippen LogP contribution in [0, 0.1) is 0 Å². The molecule has 2 aliphatic rings. The lowest BCUT2D eigenvalue weighted by Crippen LogP contribution is -2.50. The summed E-state index contributed by atoms with van der Waals surface area (Å²) in [5.74, 6) is -0.453. The molecule has 0 N–H and O–H groups in total. The Bertz CT molecular complexity index is 1070. The summed E-state index contributed by atoms with van der Waals surface area (Å²) in [6.45, 7) is 0. The molecule has 3 atom stereocenters. The summed E-state index contributed by atoms with van der Waals surface area (Å²) in [4.78, 5) is 25.7. The van der Waals surface area contributed by atoms with E-state index in [0.29, 0.717) is 12.8 Å². The molecule has 5 rings (SSSR count). The highest BCUT2D eigenvalue weighted by molar-refractivity contribution is 5.95. The van der Waals surface area contributed by atoms with Gasteiger partial charge in [-0.1, -0.05) is 91.0 Å². The predicted octanol–water partition coefficient (Wildman–Crippen LogP) is 3.72. The molecule has 3 aromatic rings. The van der Waals surface area contributed by atoms with Gasteiger partial charge in [-0.3, -0.25) is 4.79 Å². The maximum absolute atomic E-state index is 13.2. The van der Waals surface area contributed by atoms with Gasteiger partial charge in [-0.2, -0.15) is 0 Å². The molecule has 30 heavy (non-hydrogen) atoms. The number of carbonyl (C=O) groups is 2. The fraction of sp³-hybridized carbons (Fsp3) is 0.231. The van der Waals surface area contributed by atoms with Crippen LogP contribution in [0.2, 0.25) is 0 Å². The molecule has 3 aromatic carbocycles. The van der Waals surface area contributed by atoms with Crippen molar-refractivity contribution in [1.29, 1.82) is 0 Å². The van der Waals surface area contributed by atoms with Gasteiger partial charge in [0.25, 0.3) is 0 Å². The number of rotatable bonds is 7. The summed E-state index contributed by atoms with van der Waals surface area (Å²) in [5.41, 5.74) is -0.645. The highest BCUT2D eigenvalue weighted by Crippen LogP contribution is 2.65. The van der Waals surface area contributed by atoms with Crippen molar-refractivity contribution in [3.63, 3.8) is 0 Å². The second-order valence-corrected chi connectivity index (χ2v) is 8.14. The van der Waals surface area contributed by atoms with Gasteiger partial charge < -0.3 is 9.47 Å². The first kappa shape index (κ1) is 18.8. The zero-order valence-corrected chi connectivity index (χ0v) is 16.5. The fourth-order valence-corrected chi connectivity index (χ4v) is 4.82. The summed E-state index contributed by atoms with van der Waals surface area (Å²) >= 11 is 0. The maximum atomic E-state index is 13.2. The Morgan fingerprint density at radius 3 is 1.63 bits per heavy atom. The van der Waals surface area contributed by atoms with Gasteiger partial charge in [0.15, 0.2) is 11.9 Å². The lowest BCUT2D eigenvalue weighted by atomic mass is 9.73. The summed E-state index contributed by atoms with van der Waals surface area (Å²) < 4.78 is 12.2. The van der Waals surface area contributed by atoms with E-state index in [1.165, 1.54) is 0 Å². The molecular weight excluding hydrogens is 376 g/mol.